The summed E-state index contributed by atoms with van der Waals surface area (Å²) in [6, 6.07) is 11.7. The molecule has 0 unspecified atom stereocenters. The van der Waals surface area contributed by atoms with Crippen molar-refractivity contribution in [3.8, 4) is 0 Å². The average Bonchev–Trinajstić information content (AvgIpc) is 2.49. The first-order valence-electron chi connectivity index (χ1n) is 7.33. The molecule has 0 radical (unpaired) electrons. The van der Waals surface area contributed by atoms with Gasteiger partial charge >= 0.3 is 0 Å². The van der Waals surface area contributed by atoms with Gasteiger partial charge in [-0.15, -0.1) is 0 Å². The Hall–Kier alpha value is -1.80. The van der Waals surface area contributed by atoms with Crippen LogP contribution in [0.2, 0.25) is 5.02 Å². The van der Waals surface area contributed by atoms with Gasteiger partial charge in [-0.3, -0.25) is 4.79 Å². The van der Waals surface area contributed by atoms with E-state index in [0.717, 1.165) is 30.4 Å². The van der Waals surface area contributed by atoms with Gasteiger partial charge in [0.25, 0.3) is 5.91 Å². The van der Waals surface area contributed by atoms with Crippen LogP contribution in [0.15, 0.2) is 36.4 Å². The van der Waals surface area contributed by atoms with E-state index in [4.69, 9.17) is 11.6 Å². The maximum Gasteiger partial charge on any atom is 0.255 e. The van der Waals surface area contributed by atoms with E-state index < -0.39 is 0 Å². The number of benzene rings is 2. The molecular formula is C18H18ClNO. The lowest BCUT2D eigenvalue weighted by atomic mass is 9.88. The van der Waals surface area contributed by atoms with Gasteiger partial charge in [0.1, 0.15) is 0 Å². The molecule has 1 amide bonds. The van der Waals surface area contributed by atoms with Gasteiger partial charge in [-0.2, -0.15) is 0 Å². The molecule has 1 aliphatic rings. The van der Waals surface area contributed by atoms with Crippen molar-refractivity contribution in [1.82, 2.24) is 0 Å². The second-order valence-corrected chi connectivity index (χ2v) is 5.99. The molecule has 3 rings (SSSR count). The number of hydrogen-bond donors (Lipinski definition) is 1. The van der Waals surface area contributed by atoms with Crippen LogP contribution in [0.4, 0.5) is 5.69 Å². The van der Waals surface area contributed by atoms with Crippen LogP contribution in [-0.2, 0) is 12.8 Å². The highest BCUT2D eigenvalue weighted by molar-refractivity contribution is 6.34. The Morgan fingerprint density at radius 1 is 1.14 bits per heavy atom. The Labute approximate surface area is 130 Å². The molecule has 0 fully saturated rings. The molecule has 0 saturated carbocycles. The van der Waals surface area contributed by atoms with Crippen LogP contribution in [0.5, 0.6) is 0 Å². The molecule has 108 valence electrons. The van der Waals surface area contributed by atoms with Crippen LogP contribution in [-0.4, -0.2) is 5.91 Å². The van der Waals surface area contributed by atoms with Crippen molar-refractivity contribution in [1.29, 1.82) is 0 Å². The average molecular weight is 300 g/mol. The summed E-state index contributed by atoms with van der Waals surface area (Å²) in [5.74, 6) is -0.0699. The fourth-order valence-electron chi connectivity index (χ4n) is 2.91. The number of nitrogens with one attached hydrogen (secondary N) is 1. The van der Waals surface area contributed by atoms with E-state index in [2.05, 4.69) is 11.4 Å². The van der Waals surface area contributed by atoms with Crippen LogP contribution >= 0.6 is 11.6 Å². The number of rotatable bonds is 2. The monoisotopic (exact) mass is 299 g/mol. The van der Waals surface area contributed by atoms with Crippen molar-refractivity contribution in [2.75, 3.05) is 5.32 Å². The predicted molar refractivity (Wildman–Crippen MR) is 87.2 cm³/mol. The zero-order chi connectivity index (χ0) is 14.8. The molecule has 0 aliphatic heterocycles. The lowest BCUT2D eigenvalue weighted by molar-refractivity contribution is 0.102. The molecule has 2 aromatic rings. The summed E-state index contributed by atoms with van der Waals surface area (Å²) >= 11 is 6.19. The van der Waals surface area contributed by atoms with Crippen molar-refractivity contribution in [3.05, 3.63) is 63.7 Å². The minimum absolute atomic E-state index is 0.0699. The molecular weight excluding hydrogens is 282 g/mol. The third-order valence-electron chi connectivity index (χ3n) is 4.01. The van der Waals surface area contributed by atoms with Crippen LogP contribution in [0.3, 0.4) is 0 Å². The Balaban J connectivity index is 1.89. The number of carbonyl (C=O) groups excluding carboxylic acids is 1. The standard InChI is InChI=1S/C18H18ClNO/c1-12-9-10-17(16(19)11-12)20-18(21)15-8-4-6-13-5-2-3-7-14(13)15/h4,6,8-11H,2-3,5,7H2,1H3,(H,20,21). The number of carbonyl (C=O) groups is 1. The Bertz CT molecular complexity index is 694. The van der Waals surface area contributed by atoms with Crippen molar-refractivity contribution < 1.29 is 4.79 Å². The number of fused-ring (bicyclic) bond motifs is 1. The highest BCUT2D eigenvalue weighted by Gasteiger charge is 2.18. The van der Waals surface area contributed by atoms with Gasteiger partial charge in [-0.1, -0.05) is 29.8 Å². The van der Waals surface area contributed by atoms with E-state index >= 15 is 0 Å². The van der Waals surface area contributed by atoms with Crippen LogP contribution in [0.25, 0.3) is 0 Å². The summed E-state index contributed by atoms with van der Waals surface area (Å²) in [6.45, 7) is 1.98. The lowest BCUT2D eigenvalue weighted by Gasteiger charge is -2.19. The SMILES string of the molecule is Cc1ccc(NC(=O)c2cccc3c2CCCC3)c(Cl)c1. The Morgan fingerprint density at radius 2 is 1.95 bits per heavy atom. The molecule has 2 nitrogen and oxygen atoms in total. The first kappa shape index (κ1) is 14.2. The van der Waals surface area contributed by atoms with Crippen molar-refractivity contribution in [2.45, 2.75) is 32.6 Å². The van der Waals surface area contributed by atoms with Crippen LogP contribution < -0.4 is 5.32 Å². The fourth-order valence-corrected chi connectivity index (χ4v) is 3.19. The summed E-state index contributed by atoms with van der Waals surface area (Å²) in [5, 5.41) is 3.51. The van der Waals surface area contributed by atoms with Gasteiger partial charge in [0, 0.05) is 5.56 Å². The largest absolute Gasteiger partial charge is 0.321 e. The third-order valence-corrected chi connectivity index (χ3v) is 4.33. The predicted octanol–water partition coefficient (Wildman–Crippen LogP) is 4.78. The normalized spacial score (nSPS) is 13.6. The van der Waals surface area contributed by atoms with Gasteiger partial charge in [0.2, 0.25) is 0 Å². The maximum atomic E-state index is 12.6. The zero-order valence-electron chi connectivity index (χ0n) is 12.1. The van der Waals surface area contributed by atoms with E-state index in [1.807, 2.05) is 37.3 Å². The number of amides is 1. The van der Waals surface area contributed by atoms with Gasteiger partial charge in [-0.05, 0) is 67.5 Å². The molecule has 0 atom stereocenters. The number of anilines is 1. The number of hydrogen-bond acceptors (Lipinski definition) is 1. The molecule has 1 aliphatic carbocycles. The minimum Gasteiger partial charge on any atom is -0.321 e. The third kappa shape index (κ3) is 2.96. The molecule has 0 aromatic heterocycles. The van der Waals surface area contributed by atoms with Crippen LogP contribution in [0.1, 0.15) is 39.9 Å². The van der Waals surface area contributed by atoms with Crippen molar-refractivity contribution in [3.63, 3.8) is 0 Å². The fraction of sp³-hybridized carbons (Fsp3) is 0.278. The molecule has 21 heavy (non-hydrogen) atoms. The number of aryl methyl sites for hydroxylation is 2. The summed E-state index contributed by atoms with van der Waals surface area (Å²) in [7, 11) is 0. The van der Waals surface area contributed by atoms with Gasteiger partial charge in [-0.25, -0.2) is 0 Å². The Kier molecular flexibility index (Phi) is 3.98. The Morgan fingerprint density at radius 3 is 2.76 bits per heavy atom. The second kappa shape index (κ2) is 5.90. The summed E-state index contributed by atoms with van der Waals surface area (Å²) in [5.41, 5.74) is 5.04. The van der Waals surface area contributed by atoms with E-state index in [9.17, 15) is 4.79 Å². The van der Waals surface area contributed by atoms with Crippen molar-refractivity contribution in [2.24, 2.45) is 0 Å². The molecule has 0 bridgehead atoms. The molecule has 0 spiro atoms. The highest BCUT2D eigenvalue weighted by Crippen LogP contribution is 2.27. The quantitative estimate of drug-likeness (QED) is 0.849. The van der Waals surface area contributed by atoms with E-state index in [1.165, 1.54) is 17.5 Å². The summed E-state index contributed by atoms with van der Waals surface area (Å²) in [6.07, 6.45) is 4.42. The van der Waals surface area contributed by atoms with Gasteiger partial charge in [0.05, 0.1) is 10.7 Å². The highest BCUT2D eigenvalue weighted by atomic mass is 35.5. The lowest BCUT2D eigenvalue weighted by Crippen LogP contribution is -2.17. The molecule has 0 saturated heterocycles. The first-order valence-corrected chi connectivity index (χ1v) is 7.71. The molecule has 0 heterocycles. The summed E-state index contributed by atoms with van der Waals surface area (Å²) < 4.78 is 0. The minimum atomic E-state index is -0.0699. The second-order valence-electron chi connectivity index (χ2n) is 5.59. The summed E-state index contributed by atoms with van der Waals surface area (Å²) in [4.78, 5) is 12.6. The first-order chi connectivity index (χ1) is 10.1. The zero-order valence-corrected chi connectivity index (χ0v) is 12.8. The van der Waals surface area contributed by atoms with Crippen molar-refractivity contribution >= 4 is 23.2 Å². The molecule has 1 N–H and O–H groups in total. The topological polar surface area (TPSA) is 29.1 Å². The smallest absolute Gasteiger partial charge is 0.255 e. The van der Waals surface area contributed by atoms with E-state index in [-0.39, 0.29) is 5.91 Å². The van der Waals surface area contributed by atoms with Gasteiger partial charge < -0.3 is 5.32 Å². The van der Waals surface area contributed by atoms with E-state index in [1.54, 1.807) is 0 Å². The maximum absolute atomic E-state index is 12.6. The van der Waals surface area contributed by atoms with Crippen LogP contribution in [0, 0.1) is 6.92 Å². The van der Waals surface area contributed by atoms with E-state index in [0.29, 0.717) is 10.7 Å². The number of halogens is 1. The van der Waals surface area contributed by atoms with Gasteiger partial charge in [0.15, 0.2) is 0 Å². The molecule has 3 heteroatoms. The molecule has 2 aromatic carbocycles.